The standard InChI is InChI=1S/C18H16ClNO7/c1-8-7-18(2,3)14(17(24)25)13(12(8)16(22)23)15(21)10-5-4-9(20(26)27)6-11(10)19/h4-7,14H,1-3H3,(H,22,23)(H,24,25). The van der Waals surface area contributed by atoms with Gasteiger partial charge < -0.3 is 10.2 Å². The summed E-state index contributed by atoms with van der Waals surface area (Å²) >= 11 is 5.99. The fourth-order valence-corrected chi connectivity index (χ4v) is 3.62. The van der Waals surface area contributed by atoms with Crippen molar-refractivity contribution in [2.24, 2.45) is 11.3 Å². The van der Waals surface area contributed by atoms with Gasteiger partial charge in [0, 0.05) is 28.7 Å². The molecule has 2 rings (SSSR count). The molecule has 1 unspecified atom stereocenters. The van der Waals surface area contributed by atoms with E-state index in [0.717, 1.165) is 18.2 Å². The number of carboxylic acid groups (broad SMARTS) is 2. The van der Waals surface area contributed by atoms with Crippen LogP contribution in [-0.4, -0.2) is 32.9 Å². The molecule has 1 atom stereocenters. The van der Waals surface area contributed by atoms with Gasteiger partial charge in [0.2, 0.25) is 0 Å². The molecule has 0 fully saturated rings. The molecule has 1 aliphatic rings. The van der Waals surface area contributed by atoms with Gasteiger partial charge in [0.1, 0.15) is 0 Å². The number of aliphatic carboxylic acids is 2. The summed E-state index contributed by atoms with van der Waals surface area (Å²) in [7, 11) is 0. The minimum atomic E-state index is -1.44. The molecular formula is C18H16ClNO7. The van der Waals surface area contributed by atoms with Crippen molar-refractivity contribution < 1.29 is 29.5 Å². The third-order valence-electron chi connectivity index (χ3n) is 4.40. The van der Waals surface area contributed by atoms with Crippen molar-refractivity contribution in [1.29, 1.82) is 0 Å². The minimum absolute atomic E-state index is 0.201. The van der Waals surface area contributed by atoms with E-state index in [0.29, 0.717) is 0 Å². The zero-order valence-corrected chi connectivity index (χ0v) is 15.4. The highest BCUT2D eigenvalue weighted by Gasteiger charge is 2.46. The quantitative estimate of drug-likeness (QED) is 0.444. The van der Waals surface area contributed by atoms with E-state index in [1.807, 2.05) is 0 Å². The Labute approximate surface area is 158 Å². The molecule has 2 N–H and O–H groups in total. The molecule has 0 spiro atoms. The fourth-order valence-electron chi connectivity index (χ4n) is 3.36. The Kier molecular flexibility index (Phi) is 5.23. The van der Waals surface area contributed by atoms with E-state index in [9.17, 15) is 34.7 Å². The average molecular weight is 394 g/mol. The smallest absolute Gasteiger partial charge is 0.336 e. The second-order valence-corrected chi connectivity index (χ2v) is 7.17. The van der Waals surface area contributed by atoms with Crippen LogP contribution in [0, 0.1) is 21.4 Å². The first-order valence-corrected chi connectivity index (χ1v) is 8.15. The summed E-state index contributed by atoms with van der Waals surface area (Å²) in [5, 5.41) is 29.8. The van der Waals surface area contributed by atoms with E-state index < -0.39 is 45.1 Å². The number of ketones is 1. The second kappa shape index (κ2) is 6.96. The number of nitrogens with zero attached hydrogens (tertiary/aromatic N) is 1. The minimum Gasteiger partial charge on any atom is -0.481 e. The van der Waals surface area contributed by atoms with E-state index >= 15 is 0 Å². The molecule has 1 aromatic rings. The van der Waals surface area contributed by atoms with E-state index in [4.69, 9.17) is 11.6 Å². The fraction of sp³-hybridized carbons (Fsp3) is 0.278. The van der Waals surface area contributed by atoms with Crippen molar-refractivity contribution in [3.63, 3.8) is 0 Å². The van der Waals surface area contributed by atoms with Gasteiger partial charge in [-0.25, -0.2) is 4.79 Å². The van der Waals surface area contributed by atoms with Crippen LogP contribution in [-0.2, 0) is 9.59 Å². The molecule has 0 radical (unpaired) electrons. The molecule has 9 heteroatoms. The van der Waals surface area contributed by atoms with Crippen molar-refractivity contribution in [1.82, 2.24) is 0 Å². The molecule has 0 heterocycles. The summed E-state index contributed by atoms with van der Waals surface area (Å²) in [6.07, 6.45) is 1.50. The first kappa shape index (κ1) is 20.3. The van der Waals surface area contributed by atoms with Gasteiger partial charge in [0.25, 0.3) is 5.69 Å². The normalized spacial score (nSPS) is 18.7. The molecule has 1 aromatic carbocycles. The molecule has 0 saturated heterocycles. The van der Waals surface area contributed by atoms with Crippen LogP contribution in [0.4, 0.5) is 5.69 Å². The molecule has 142 valence electrons. The molecule has 0 amide bonds. The maximum Gasteiger partial charge on any atom is 0.336 e. The maximum absolute atomic E-state index is 13.1. The Balaban J connectivity index is 2.76. The summed E-state index contributed by atoms with van der Waals surface area (Å²) in [5.74, 6) is -5.11. The molecule has 0 aromatic heterocycles. The Morgan fingerprint density at radius 3 is 2.26 bits per heavy atom. The van der Waals surface area contributed by atoms with Crippen LogP contribution in [0.2, 0.25) is 5.02 Å². The third-order valence-corrected chi connectivity index (χ3v) is 4.71. The van der Waals surface area contributed by atoms with Crippen molar-refractivity contribution in [3.05, 3.63) is 61.7 Å². The van der Waals surface area contributed by atoms with Crippen molar-refractivity contribution in [3.8, 4) is 0 Å². The molecule has 0 aliphatic heterocycles. The molecular weight excluding hydrogens is 378 g/mol. The number of halogens is 1. The van der Waals surface area contributed by atoms with Gasteiger partial charge in [0.15, 0.2) is 5.78 Å². The average Bonchev–Trinajstić information content (AvgIpc) is 2.51. The number of Topliss-reactive ketones (excluding diaryl/α,β-unsaturated/α-hetero) is 1. The van der Waals surface area contributed by atoms with Crippen LogP contribution >= 0.6 is 11.6 Å². The second-order valence-electron chi connectivity index (χ2n) is 6.76. The van der Waals surface area contributed by atoms with Gasteiger partial charge in [-0.05, 0) is 18.6 Å². The lowest BCUT2D eigenvalue weighted by atomic mass is 9.66. The predicted molar refractivity (Wildman–Crippen MR) is 95.8 cm³/mol. The van der Waals surface area contributed by atoms with Crippen LogP contribution in [0.5, 0.6) is 0 Å². The lowest BCUT2D eigenvalue weighted by molar-refractivity contribution is -0.384. The topological polar surface area (TPSA) is 135 Å². The molecule has 0 saturated carbocycles. The molecule has 27 heavy (non-hydrogen) atoms. The summed E-state index contributed by atoms with van der Waals surface area (Å²) in [4.78, 5) is 46.9. The first-order chi connectivity index (χ1) is 12.4. The lowest BCUT2D eigenvalue weighted by Gasteiger charge is -2.35. The van der Waals surface area contributed by atoms with Gasteiger partial charge in [-0.2, -0.15) is 0 Å². The number of carbonyl (C=O) groups is 3. The number of benzene rings is 1. The van der Waals surface area contributed by atoms with Crippen LogP contribution in [0.1, 0.15) is 31.1 Å². The summed E-state index contributed by atoms with van der Waals surface area (Å²) < 4.78 is 0. The number of hydrogen-bond acceptors (Lipinski definition) is 5. The Morgan fingerprint density at radius 1 is 1.22 bits per heavy atom. The highest BCUT2D eigenvalue weighted by atomic mass is 35.5. The SMILES string of the molecule is CC1=CC(C)(C)C(C(=O)O)C(C(=O)c2ccc([N+](=O)[O-])cc2Cl)=C1C(=O)O. The number of non-ortho nitro benzene ring substituents is 1. The van der Waals surface area contributed by atoms with E-state index in [1.54, 1.807) is 13.8 Å². The van der Waals surface area contributed by atoms with Crippen LogP contribution in [0.15, 0.2) is 41.0 Å². The number of nitro benzene ring substituents is 1. The highest BCUT2D eigenvalue weighted by Crippen LogP contribution is 2.44. The molecule has 0 bridgehead atoms. The first-order valence-electron chi connectivity index (χ1n) is 7.77. The Hall–Kier alpha value is -3.00. The predicted octanol–water partition coefficient (Wildman–Crippen LogP) is 3.50. The zero-order valence-electron chi connectivity index (χ0n) is 14.6. The van der Waals surface area contributed by atoms with E-state index in [1.165, 1.54) is 13.0 Å². The Morgan fingerprint density at radius 2 is 1.81 bits per heavy atom. The van der Waals surface area contributed by atoms with Gasteiger partial charge in [-0.15, -0.1) is 0 Å². The molecule has 8 nitrogen and oxygen atoms in total. The largest absolute Gasteiger partial charge is 0.481 e. The molecule has 1 aliphatic carbocycles. The summed E-state index contributed by atoms with van der Waals surface area (Å²) in [5.41, 5.74) is -2.14. The van der Waals surface area contributed by atoms with E-state index in [2.05, 4.69) is 0 Å². The monoisotopic (exact) mass is 393 g/mol. The van der Waals surface area contributed by atoms with Crippen molar-refractivity contribution in [2.75, 3.05) is 0 Å². The van der Waals surface area contributed by atoms with Crippen molar-refractivity contribution >= 4 is 35.0 Å². The third kappa shape index (κ3) is 3.61. The van der Waals surface area contributed by atoms with Gasteiger partial charge >= 0.3 is 11.9 Å². The van der Waals surface area contributed by atoms with Crippen LogP contribution < -0.4 is 0 Å². The number of rotatable bonds is 5. The van der Waals surface area contributed by atoms with Crippen LogP contribution in [0.3, 0.4) is 0 Å². The van der Waals surface area contributed by atoms with E-state index in [-0.39, 0.29) is 21.8 Å². The van der Waals surface area contributed by atoms with Gasteiger partial charge in [-0.3, -0.25) is 19.7 Å². The van der Waals surface area contributed by atoms with Gasteiger partial charge in [0.05, 0.1) is 21.4 Å². The maximum atomic E-state index is 13.1. The van der Waals surface area contributed by atoms with Gasteiger partial charge in [-0.1, -0.05) is 31.5 Å². The summed E-state index contributed by atoms with van der Waals surface area (Å²) in [6.45, 7) is 4.64. The number of hydrogen-bond donors (Lipinski definition) is 2. The Bertz CT molecular complexity index is 943. The number of carboxylic acids is 2. The lowest BCUT2D eigenvalue weighted by Crippen LogP contribution is -2.38. The number of allylic oxidation sites excluding steroid dienone is 1. The number of nitro groups is 1. The summed E-state index contributed by atoms with van der Waals surface area (Å²) in [6, 6.07) is 3.10. The zero-order chi connectivity index (χ0) is 20.7. The van der Waals surface area contributed by atoms with Crippen LogP contribution in [0.25, 0.3) is 0 Å². The number of carbonyl (C=O) groups excluding carboxylic acids is 1. The highest BCUT2D eigenvalue weighted by molar-refractivity contribution is 6.35. The van der Waals surface area contributed by atoms with Crippen molar-refractivity contribution in [2.45, 2.75) is 20.8 Å².